The van der Waals surface area contributed by atoms with Crippen LogP contribution in [0.4, 0.5) is 5.69 Å². The number of rotatable bonds is 5. The van der Waals surface area contributed by atoms with Crippen molar-refractivity contribution in [2.75, 3.05) is 18.4 Å². The zero-order valence-electron chi connectivity index (χ0n) is 16.5. The topological polar surface area (TPSA) is 103 Å². The van der Waals surface area contributed by atoms with Crippen LogP contribution in [-0.4, -0.2) is 48.8 Å². The molecular weight excluding hydrogens is 392 g/mol. The summed E-state index contributed by atoms with van der Waals surface area (Å²) in [6.45, 7) is 4.78. The number of carbonyl (C=O) groups is 1. The Morgan fingerprint density at radius 3 is 2.93 bits per heavy atom. The summed E-state index contributed by atoms with van der Waals surface area (Å²) in [6, 6.07) is 5.72. The van der Waals surface area contributed by atoms with Crippen LogP contribution >= 0.6 is 12.4 Å². The Labute approximate surface area is 175 Å². The van der Waals surface area contributed by atoms with Gasteiger partial charge in [-0.2, -0.15) is 0 Å². The third-order valence-corrected chi connectivity index (χ3v) is 5.15. The van der Waals surface area contributed by atoms with Crippen LogP contribution in [0, 0.1) is 12.8 Å². The fourth-order valence-electron chi connectivity index (χ4n) is 3.56. The van der Waals surface area contributed by atoms with Crippen LogP contribution in [0.5, 0.6) is 0 Å². The van der Waals surface area contributed by atoms with Crippen molar-refractivity contribution < 1.29 is 4.79 Å². The lowest BCUT2D eigenvalue weighted by atomic mass is 10.00. The zero-order valence-corrected chi connectivity index (χ0v) is 17.3. The smallest absolute Gasteiger partial charge is 0.277 e. The van der Waals surface area contributed by atoms with Crippen LogP contribution in [0.1, 0.15) is 28.9 Å². The van der Waals surface area contributed by atoms with Gasteiger partial charge in [0.1, 0.15) is 6.33 Å². The van der Waals surface area contributed by atoms with Gasteiger partial charge < -0.3 is 15.2 Å². The van der Waals surface area contributed by atoms with E-state index in [9.17, 15) is 4.79 Å². The highest BCUT2D eigenvalue weighted by atomic mass is 35.5. The maximum absolute atomic E-state index is 12.7. The number of carbonyl (C=O) groups excluding carboxylic acids is 1. The number of benzene rings is 1. The second-order valence-electron chi connectivity index (χ2n) is 7.24. The number of piperidine rings is 1. The summed E-state index contributed by atoms with van der Waals surface area (Å²) in [6.07, 6.45) is 5.71. The van der Waals surface area contributed by atoms with E-state index in [1.165, 1.54) is 12.8 Å². The molecule has 4 rings (SSSR count). The van der Waals surface area contributed by atoms with E-state index in [2.05, 4.69) is 31.1 Å². The Kier molecular flexibility index (Phi) is 6.60. The zero-order chi connectivity index (χ0) is 19.5. The van der Waals surface area contributed by atoms with Crippen molar-refractivity contribution in [2.45, 2.75) is 26.3 Å². The molecule has 2 aromatic heterocycles. The molecule has 3 heterocycles. The molecule has 0 saturated carbocycles. The number of nitrogens with zero attached hydrogens (tertiary/aromatic N) is 6. The van der Waals surface area contributed by atoms with E-state index in [-0.39, 0.29) is 18.3 Å². The first-order chi connectivity index (χ1) is 13.6. The van der Waals surface area contributed by atoms with Gasteiger partial charge in [-0.15, -0.1) is 27.7 Å². The van der Waals surface area contributed by atoms with Crippen LogP contribution in [0.15, 0.2) is 30.7 Å². The fourth-order valence-corrected chi connectivity index (χ4v) is 3.56. The van der Waals surface area contributed by atoms with Crippen molar-refractivity contribution in [1.29, 1.82) is 0 Å². The quantitative estimate of drug-likeness (QED) is 0.660. The van der Waals surface area contributed by atoms with E-state index in [1.807, 2.05) is 36.7 Å². The molecule has 0 spiro atoms. The van der Waals surface area contributed by atoms with Crippen LogP contribution < -0.4 is 10.6 Å². The number of hydrogen-bond donors (Lipinski definition) is 2. The molecule has 1 aliphatic heterocycles. The minimum absolute atomic E-state index is 0. The van der Waals surface area contributed by atoms with Crippen molar-refractivity contribution in [3.8, 4) is 11.4 Å². The highest BCUT2D eigenvalue weighted by Gasteiger charge is 2.18. The Bertz CT molecular complexity index is 976. The van der Waals surface area contributed by atoms with E-state index in [0.29, 0.717) is 11.6 Å². The van der Waals surface area contributed by atoms with E-state index >= 15 is 0 Å². The Balaban J connectivity index is 0.00000240. The molecule has 1 aromatic carbocycles. The third-order valence-electron chi connectivity index (χ3n) is 5.15. The second kappa shape index (κ2) is 9.15. The number of halogens is 1. The van der Waals surface area contributed by atoms with Crippen molar-refractivity contribution in [3.05, 3.63) is 42.0 Å². The molecule has 1 fully saturated rings. The lowest BCUT2D eigenvalue weighted by Gasteiger charge is -2.22. The average Bonchev–Trinajstić information content (AvgIpc) is 3.33. The first kappa shape index (κ1) is 20.9. The molecule has 1 aliphatic rings. The number of hydrogen-bond acceptors (Lipinski definition) is 6. The molecule has 0 radical (unpaired) electrons. The van der Waals surface area contributed by atoms with Crippen LogP contribution in [-0.2, 0) is 13.6 Å². The normalized spacial score (nSPS) is 16.3. The minimum atomic E-state index is -0.272. The molecule has 3 aromatic rings. The SMILES string of the molecule is Cc1c(NC(=O)c2cn(CC3CCCNC3)nn2)cccc1-c1nncn1C.Cl. The predicted octanol–water partition coefficient (Wildman–Crippen LogP) is 2.06. The first-order valence-electron chi connectivity index (χ1n) is 9.48. The number of aromatic nitrogens is 6. The van der Waals surface area contributed by atoms with Crippen LogP contribution in [0.2, 0.25) is 0 Å². The molecule has 154 valence electrons. The third kappa shape index (κ3) is 4.63. The summed E-state index contributed by atoms with van der Waals surface area (Å²) in [7, 11) is 1.89. The van der Waals surface area contributed by atoms with Gasteiger partial charge >= 0.3 is 0 Å². The second-order valence-corrected chi connectivity index (χ2v) is 7.24. The molecule has 1 saturated heterocycles. The van der Waals surface area contributed by atoms with Gasteiger partial charge in [0.2, 0.25) is 0 Å². The van der Waals surface area contributed by atoms with Gasteiger partial charge in [0.05, 0.1) is 6.20 Å². The van der Waals surface area contributed by atoms with Gasteiger partial charge in [-0.25, -0.2) is 0 Å². The molecule has 9 nitrogen and oxygen atoms in total. The van der Waals surface area contributed by atoms with E-state index in [1.54, 1.807) is 17.2 Å². The van der Waals surface area contributed by atoms with Crippen molar-refractivity contribution in [3.63, 3.8) is 0 Å². The highest BCUT2D eigenvalue weighted by molar-refractivity contribution is 6.03. The van der Waals surface area contributed by atoms with E-state index in [0.717, 1.165) is 42.3 Å². The largest absolute Gasteiger partial charge is 0.320 e. The van der Waals surface area contributed by atoms with Crippen molar-refractivity contribution >= 4 is 24.0 Å². The maximum atomic E-state index is 12.7. The first-order valence-corrected chi connectivity index (χ1v) is 9.48. The monoisotopic (exact) mass is 416 g/mol. The van der Waals surface area contributed by atoms with Gasteiger partial charge in [0, 0.05) is 24.8 Å². The molecule has 0 bridgehead atoms. The number of amides is 1. The van der Waals surface area contributed by atoms with E-state index < -0.39 is 0 Å². The number of aryl methyl sites for hydroxylation is 1. The van der Waals surface area contributed by atoms with Crippen molar-refractivity contribution in [2.24, 2.45) is 13.0 Å². The van der Waals surface area contributed by atoms with E-state index in [4.69, 9.17) is 0 Å². The fraction of sp³-hybridized carbons (Fsp3) is 0.421. The summed E-state index contributed by atoms with van der Waals surface area (Å²) in [5, 5.41) is 22.6. The van der Waals surface area contributed by atoms with Gasteiger partial charge in [-0.3, -0.25) is 9.48 Å². The molecule has 1 amide bonds. The number of nitrogens with one attached hydrogen (secondary N) is 2. The summed E-state index contributed by atoms with van der Waals surface area (Å²) in [5.41, 5.74) is 2.88. The summed E-state index contributed by atoms with van der Waals surface area (Å²) in [4.78, 5) is 12.7. The molecule has 2 N–H and O–H groups in total. The lowest BCUT2D eigenvalue weighted by molar-refractivity contribution is 0.102. The molecule has 10 heteroatoms. The average molecular weight is 417 g/mol. The van der Waals surface area contributed by atoms with Gasteiger partial charge in [0.15, 0.2) is 11.5 Å². The Morgan fingerprint density at radius 1 is 1.34 bits per heavy atom. The lowest BCUT2D eigenvalue weighted by Crippen LogP contribution is -2.32. The Hall–Kier alpha value is -2.78. The maximum Gasteiger partial charge on any atom is 0.277 e. The predicted molar refractivity (Wildman–Crippen MR) is 112 cm³/mol. The number of anilines is 1. The summed E-state index contributed by atoms with van der Waals surface area (Å²) < 4.78 is 3.61. The van der Waals surface area contributed by atoms with Crippen molar-refractivity contribution in [1.82, 2.24) is 35.1 Å². The minimum Gasteiger partial charge on any atom is -0.320 e. The Morgan fingerprint density at radius 2 is 2.21 bits per heavy atom. The van der Waals surface area contributed by atoms with Gasteiger partial charge in [-0.1, -0.05) is 17.3 Å². The van der Waals surface area contributed by atoms with Crippen LogP contribution in [0.3, 0.4) is 0 Å². The van der Waals surface area contributed by atoms with Gasteiger partial charge in [0.25, 0.3) is 5.91 Å². The molecule has 1 atom stereocenters. The standard InChI is InChI=1S/C19H24N8O.ClH/c1-13-15(18-24-21-12-26(18)2)6-3-7-16(13)22-19(28)17-11-27(25-23-17)10-14-5-4-8-20-9-14;/h3,6-7,11-12,14,20H,4-5,8-10H2,1-2H3,(H,22,28);1H. The van der Waals surface area contributed by atoms with Gasteiger partial charge in [-0.05, 0) is 50.4 Å². The summed E-state index contributed by atoms with van der Waals surface area (Å²) >= 11 is 0. The molecule has 0 aliphatic carbocycles. The highest BCUT2D eigenvalue weighted by Crippen LogP contribution is 2.27. The van der Waals surface area contributed by atoms with Crippen LogP contribution in [0.25, 0.3) is 11.4 Å². The molecule has 1 unspecified atom stereocenters. The summed E-state index contributed by atoms with van der Waals surface area (Å²) in [5.74, 6) is 1.00. The molecule has 29 heavy (non-hydrogen) atoms. The molecular formula is C19H25ClN8O.